The Labute approximate surface area is 130 Å². The molecule has 130 valence electrons. The zero-order valence-electron chi connectivity index (χ0n) is 12.2. The van der Waals surface area contributed by atoms with Gasteiger partial charge < -0.3 is 8.92 Å². The van der Waals surface area contributed by atoms with Crippen LogP contribution in [-0.2, 0) is 28.6 Å². The lowest BCUT2D eigenvalue weighted by Crippen LogP contribution is -2.55. The Bertz CT molecular complexity index is 667. The van der Waals surface area contributed by atoms with Gasteiger partial charge in [0.05, 0.1) is 6.10 Å². The number of β-lactam (4-membered cyclic amide) rings is 1. The molecule has 0 aromatic rings. The molecule has 2 aliphatic rings. The molecule has 11 heteroatoms. The van der Waals surface area contributed by atoms with Crippen molar-refractivity contribution in [1.29, 1.82) is 0 Å². The van der Waals surface area contributed by atoms with E-state index in [9.17, 15) is 31.2 Å². The molecule has 0 aromatic heterocycles. The minimum atomic E-state index is -5.93. The van der Waals surface area contributed by atoms with E-state index >= 15 is 0 Å². The number of hydrogen-bond donors (Lipinski definition) is 0. The number of carbonyl (C=O) groups is 2. The molecule has 0 aliphatic carbocycles. The van der Waals surface area contributed by atoms with E-state index in [1.54, 1.807) is 0 Å². The van der Waals surface area contributed by atoms with Crippen molar-refractivity contribution in [2.24, 2.45) is 0 Å². The van der Waals surface area contributed by atoms with Gasteiger partial charge in [-0.05, 0) is 20.3 Å². The Morgan fingerprint density at radius 2 is 1.96 bits per heavy atom. The quantitative estimate of drug-likeness (QED) is 0.327. The summed E-state index contributed by atoms with van der Waals surface area (Å²) in [5.74, 6) is -2.32. The van der Waals surface area contributed by atoms with Crippen LogP contribution in [0.5, 0.6) is 0 Å². The maximum atomic E-state index is 12.5. The second-order valence-electron chi connectivity index (χ2n) is 5.37. The highest BCUT2D eigenvalue weighted by molar-refractivity contribution is 7.87. The number of ether oxygens (including phenoxy) is 1. The first-order chi connectivity index (χ1) is 10.4. The van der Waals surface area contributed by atoms with Gasteiger partial charge in [0.15, 0.2) is 11.5 Å². The largest absolute Gasteiger partial charge is 0.534 e. The van der Waals surface area contributed by atoms with Crippen LogP contribution in [0.3, 0.4) is 0 Å². The van der Waals surface area contributed by atoms with Crippen molar-refractivity contribution >= 4 is 22.0 Å². The molecule has 0 saturated carbocycles. The molecule has 2 rings (SSSR count). The van der Waals surface area contributed by atoms with Gasteiger partial charge in [0.25, 0.3) is 0 Å². The molecule has 0 aromatic carbocycles. The fraction of sp³-hybridized carbons (Fsp3) is 0.667. The van der Waals surface area contributed by atoms with Crippen LogP contribution in [0.4, 0.5) is 13.2 Å². The van der Waals surface area contributed by atoms with Crippen LogP contribution in [0, 0.1) is 0 Å². The molecule has 0 bridgehead atoms. The van der Waals surface area contributed by atoms with E-state index in [2.05, 4.69) is 4.18 Å². The summed E-state index contributed by atoms with van der Waals surface area (Å²) in [6, 6.07) is -0.363. The smallest absolute Gasteiger partial charge is 0.458 e. The van der Waals surface area contributed by atoms with Crippen LogP contribution < -0.4 is 0 Å². The third kappa shape index (κ3) is 3.28. The van der Waals surface area contributed by atoms with Crippen LogP contribution >= 0.6 is 0 Å². The van der Waals surface area contributed by atoms with Gasteiger partial charge in [-0.15, -0.1) is 0 Å². The Morgan fingerprint density at radius 3 is 2.43 bits per heavy atom. The van der Waals surface area contributed by atoms with E-state index in [0.717, 1.165) is 4.90 Å². The Hall–Kier alpha value is -1.78. The lowest BCUT2D eigenvalue weighted by atomic mass is 9.91. The predicted molar refractivity (Wildman–Crippen MR) is 68.8 cm³/mol. The first-order valence-electron chi connectivity index (χ1n) is 6.71. The minimum absolute atomic E-state index is 0.137. The number of alkyl halides is 3. The van der Waals surface area contributed by atoms with E-state index in [0.29, 0.717) is 0 Å². The Kier molecular flexibility index (Phi) is 4.35. The van der Waals surface area contributed by atoms with Crippen molar-refractivity contribution in [3.63, 3.8) is 0 Å². The number of nitrogens with zero attached hydrogens (tertiary/aromatic N) is 1. The summed E-state index contributed by atoms with van der Waals surface area (Å²) in [4.78, 5) is 24.6. The van der Waals surface area contributed by atoms with E-state index in [-0.39, 0.29) is 25.3 Å². The van der Waals surface area contributed by atoms with Gasteiger partial charge in [-0.1, -0.05) is 0 Å². The first kappa shape index (κ1) is 17.6. The molecule has 1 amide bonds. The SMILES string of the molecule is CC(C)OC(=O)C1=C(OS(=O)(=O)C(F)(F)F)CCC2CC(=O)N12. The van der Waals surface area contributed by atoms with Crippen molar-refractivity contribution in [3.8, 4) is 0 Å². The molecular formula is C12H14F3NO6S. The lowest BCUT2D eigenvalue weighted by molar-refractivity contribution is -0.155. The molecule has 2 heterocycles. The van der Waals surface area contributed by atoms with Gasteiger partial charge in [-0.2, -0.15) is 21.6 Å². The van der Waals surface area contributed by atoms with E-state index in [4.69, 9.17) is 4.74 Å². The summed E-state index contributed by atoms with van der Waals surface area (Å²) in [6.07, 6.45) is -0.482. The maximum absolute atomic E-state index is 12.5. The number of esters is 1. The van der Waals surface area contributed by atoms with Crippen molar-refractivity contribution in [3.05, 3.63) is 11.5 Å². The summed E-state index contributed by atoms with van der Waals surface area (Å²) >= 11 is 0. The lowest BCUT2D eigenvalue weighted by Gasteiger charge is -2.44. The Balaban J connectivity index is 2.41. The van der Waals surface area contributed by atoms with Gasteiger partial charge >= 0.3 is 21.6 Å². The van der Waals surface area contributed by atoms with Crippen molar-refractivity contribution in [1.82, 2.24) is 4.90 Å². The Morgan fingerprint density at radius 1 is 1.35 bits per heavy atom. The molecule has 2 aliphatic heterocycles. The molecule has 0 radical (unpaired) electrons. The molecular weight excluding hydrogens is 343 g/mol. The number of allylic oxidation sites excluding steroid dienone is 1. The molecule has 0 N–H and O–H groups in total. The second kappa shape index (κ2) is 5.69. The van der Waals surface area contributed by atoms with Crippen molar-refractivity contribution in [2.45, 2.75) is 50.8 Å². The third-order valence-electron chi connectivity index (χ3n) is 3.28. The summed E-state index contributed by atoms with van der Waals surface area (Å²) in [5, 5.41) is 0. The average molecular weight is 357 g/mol. The van der Waals surface area contributed by atoms with Crippen LogP contribution in [0.1, 0.15) is 33.1 Å². The summed E-state index contributed by atoms with van der Waals surface area (Å²) in [5.41, 5.74) is -6.21. The van der Waals surface area contributed by atoms with Crippen LogP contribution in [0.15, 0.2) is 11.5 Å². The highest BCUT2D eigenvalue weighted by Gasteiger charge is 2.52. The van der Waals surface area contributed by atoms with Crippen molar-refractivity contribution < 1.29 is 40.1 Å². The number of hydrogen-bond acceptors (Lipinski definition) is 6. The first-order valence-corrected chi connectivity index (χ1v) is 8.12. The van der Waals surface area contributed by atoms with E-state index in [1.165, 1.54) is 13.8 Å². The summed E-state index contributed by atoms with van der Waals surface area (Å²) in [7, 11) is -5.93. The molecule has 0 spiro atoms. The average Bonchev–Trinajstić information content (AvgIpc) is 2.36. The topological polar surface area (TPSA) is 90.0 Å². The number of fused-ring (bicyclic) bond motifs is 1. The normalized spacial score (nSPS) is 21.9. The monoisotopic (exact) mass is 357 g/mol. The second-order valence-corrected chi connectivity index (χ2v) is 6.91. The van der Waals surface area contributed by atoms with Crippen molar-refractivity contribution in [2.75, 3.05) is 0 Å². The van der Waals surface area contributed by atoms with Gasteiger partial charge in [0.2, 0.25) is 5.91 Å². The fourth-order valence-electron chi connectivity index (χ4n) is 2.31. The van der Waals surface area contributed by atoms with Crippen LogP contribution in [-0.4, -0.2) is 42.8 Å². The molecule has 1 saturated heterocycles. The van der Waals surface area contributed by atoms with E-state index < -0.39 is 45.1 Å². The summed E-state index contributed by atoms with van der Waals surface area (Å²) in [6.45, 7) is 3.01. The molecule has 1 fully saturated rings. The zero-order chi connectivity index (χ0) is 17.6. The fourth-order valence-corrected chi connectivity index (χ4v) is 2.84. The maximum Gasteiger partial charge on any atom is 0.534 e. The van der Waals surface area contributed by atoms with E-state index in [1.807, 2.05) is 0 Å². The standard InChI is InChI=1S/C12H14F3NO6S/c1-6(2)21-11(18)10-8(22-23(19,20)12(13,14)15)4-3-7-5-9(17)16(7)10/h6-7H,3-5H2,1-2H3. The third-order valence-corrected chi connectivity index (χ3v) is 4.27. The predicted octanol–water partition coefficient (Wildman–Crippen LogP) is 1.41. The molecule has 1 atom stereocenters. The van der Waals surface area contributed by atoms with Crippen LogP contribution in [0.25, 0.3) is 0 Å². The van der Waals surface area contributed by atoms with Gasteiger partial charge in [0, 0.05) is 18.9 Å². The van der Waals surface area contributed by atoms with Gasteiger partial charge in [0.1, 0.15) is 0 Å². The molecule has 23 heavy (non-hydrogen) atoms. The minimum Gasteiger partial charge on any atom is -0.458 e. The number of rotatable bonds is 4. The number of halogens is 3. The molecule has 1 unspecified atom stereocenters. The van der Waals surface area contributed by atoms with Gasteiger partial charge in [-0.25, -0.2) is 4.79 Å². The van der Waals surface area contributed by atoms with Crippen LogP contribution in [0.2, 0.25) is 0 Å². The molecule has 7 nitrogen and oxygen atoms in total. The number of carbonyl (C=O) groups excluding carboxylic acids is 2. The summed E-state index contributed by atoms with van der Waals surface area (Å²) < 4.78 is 68.7. The number of amides is 1. The highest BCUT2D eigenvalue weighted by Crippen LogP contribution is 2.39. The van der Waals surface area contributed by atoms with Gasteiger partial charge in [-0.3, -0.25) is 9.69 Å². The highest BCUT2D eigenvalue weighted by atomic mass is 32.2. The zero-order valence-corrected chi connectivity index (χ0v) is 13.0.